The van der Waals surface area contributed by atoms with E-state index in [2.05, 4.69) is 24.1 Å². The first-order valence-electron chi connectivity index (χ1n) is 8.59. The van der Waals surface area contributed by atoms with E-state index in [0.29, 0.717) is 12.0 Å². The first kappa shape index (κ1) is 15.3. The summed E-state index contributed by atoms with van der Waals surface area (Å²) in [5, 5.41) is 3.50. The highest BCUT2D eigenvalue weighted by Crippen LogP contribution is 2.43. The number of hydrogen-bond acceptors (Lipinski definition) is 3. The third-order valence-electron chi connectivity index (χ3n) is 5.10. The Morgan fingerprint density at radius 1 is 1.32 bits per heavy atom. The van der Waals surface area contributed by atoms with E-state index in [-0.39, 0.29) is 5.91 Å². The molecule has 4 heteroatoms. The van der Waals surface area contributed by atoms with Crippen LogP contribution in [0.15, 0.2) is 12.1 Å². The highest BCUT2D eigenvalue weighted by atomic mass is 16.1. The molecule has 22 heavy (non-hydrogen) atoms. The highest BCUT2D eigenvalue weighted by Gasteiger charge is 2.36. The zero-order chi connectivity index (χ0) is 15.7. The van der Waals surface area contributed by atoms with Crippen molar-refractivity contribution in [3.05, 3.63) is 28.8 Å². The number of carbonyl (C=O) groups is 1. The molecule has 0 aromatic heterocycles. The van der Waals surface area contributed by atoms with Gasteiger partial charge in [0.15, 0.2) is 0 Å². The third-order valence-corrected chi connectivity index (χ3v) is 5.10. The molecule has 0 radical (unpaired) electrons. The lowest BCUT2D eigenvalue weighted by molar-refractivity contribution is 0.0997. The second-order valence-corrected chi connectivity index (χ2v) is 6.62. The predicted octanol–water partition coefficient (Wildman–Crippen LogP) is 2.73. The maximum Gasteiger partial charge on any atom is 0.248 e. The fourth-order valence-corrected chi connectivity index (χ4v) is 4.25. The first-order valence-corrected chi connectivity index (χ1v) is 8.59. The van der Waals surface area contributed by atoms with Gasteiger partial charge in [0, 0.05) is 29.8 Å². The standard InChI is InChI=1S/C18H27N3O/c1-3-7-21(8-4-2)13-9-12-11-20-16-6-5-14(18(19)22)15(10-13)17(12)16/h5-6,12-13,20H,3-4,7-11H2,1-2H3,(H2,19,22)/t12?,13-/m1/s1. The van der Waals surface area contributed by atoms with Crippen molar-refractivity contribution >= 4 is 11.6 Å². The van der Waals surface area contributed by atoms with Crippen molar-refractivity contribution in [2.24, 2.45) is 5.73 Å². The number of amides is 1. The van der Waals surface area contributed by atoms with Gasteiger partial charge < -0.3 is 16.0 Å². The largest absolute Gasteiger partial charge is 0.384 e. The van der Waals surface area contributed by atoms with Crippen molar-refractivity contribution in [1.29, 1.82) is 0 Å². The normalized spacial score (nSPS) is 22.5. The molecular weight excluding hydrogens is 274 g/mol. The van der Waals surface area contributed by atoms with Crippen LogP contribution in [0.1, 0.15) is 60.5 Å². The van der Waals surface area contributed by atoms with Gasteiger partial charge in [-0.15, -0.1) is 0 Å². The molecule has 1 aromatic carbocycles. The number of anilines is 1. The van der Waals surface area contributed by atoms with Crippen molar-refractivity contribution in [3.63, 3.8) is 0 Å². The van der Waals surface area contributed by atoms with Crippen LogP contribution in [-0.2, 0) is 6.42 Å². The smallest absolute Gasteiger partial charge is 0.248 e. The van der Waals surface area contributed by atoms with Gasteiger partial charge in [0.2, 0.25) is 5.91 Å². The molecular formula is C18H27N3O. The Labute approximate surface area is 133 Å². The SMILES string of the molecule is CCCN(CCC)[C@H]1Cc2c(C(N)=O)ccc3c2C(CN3)C1. The van der Waals surface area contributed by atoms with Crippen LogP contribution >= 0.6 is 0 Å². The summed E-state index contributed by atoms with van der Waals surface area (Å²) in [4.78, 5) is 14.4. The van der Waals surface area contributed by atoms with Crippen LogP contribution in [0.25, 0.3) is 0 Å². The Hall–Kier alpha value is -1.55. The van der Waals surface area contributed by atoms with Gasteiger partial charge in [0.05, 0.1) is 0 Å². The number of carbonyl (C=O) groups excluding carboxylic acids is 1. The molecule has 0 saturated heterocycles. The molecule has 1 amide bonds. The molecule has 1 aliphatic carbocycles. The van der Waals surface area contributed by atoms with Gasteiger partial charge in [-0.3, -0.25) is 4.79 Å². The van der Waals surface area contributed by atoms with E-state index in [1.165, 1.54) is 36.1 Å². The summed E-state index contributed by atoms with van der Waals surface area (Å²) in [6.07, 6.45) is 4.50. The minimum atomic E-state index is -0.290. The first-order chi connectivity index (χ1) is 10.7. The van der Waals surface area contributed by atoms with Crippen molar-refractivity contribution in [2.45, 2.75) is 51.5 Å². The minimum absolute atomic E-state index is 0.290. The van der Waals surface area contributed by atoms with Crippen LogP contribution in [-0.4, -0.2) is 36.5 Å². The molecule has 0 fully saturated rings. The number of benzene rings is 1. The fourth-order valence-electron chi connectivity index (χ4n) is 4.25. The van der Waals surface area contributed by atoms with E-state index in [0.717, 1.165) is 31.6 Å². The summed E-state index contributed by atoms with van der Waals surface area (Å²) in [5.41, 5.74) is 10.1. The van der Waals surface area contributed by atoms with E-state index in [9.17, 15) is 4.79 Å². The van der Waals surface area contributed by atoms with Gasteiger partial charge in [-0.25, -0.2) is 0 Å². The average molecular weight is 301 g/mol. The quantitative estimate of drug-likeness (QED) is 0.849. The second-order valence-electron chi connectivity index (χ2n) is 6.62. The van der Waals surface area contributed by atoms with Gasteiger partial charge in [0.25, 0.3) is 0 Å². The van der Waals surface area contributed by atoms with Gasteiger partial charge in [-0.1, -0.05) is 13.8 Å². The van der Waals surface area contributed by atoms with Crippen LogP contribution in [0.2, 0.25) is 0 Å². The number of nitrogens with two attached hydrogens (primary N) is 1. The van der Waals surface area contributed by atoms with Gasteiger partial charge in [-0.05, 0) is 62.0 Å². The van der Waals surface area contributed by atoms with Crippen LogP contribution in [0.5, 0.6) is 0 Å². The number of rotatable bonds is 6. The van der Waals surface area contributed by atoms with Gasteiger partial charge >= 0.3 is 0 Å². The molecule has 4 nitrogen and oxygen atoms in total. The van der Waals surface area contributed by atoms with Crippen LogP contribution < -0.4 is 11.1 Å². The van der Waals surface area contributed by atoms with E-state index in [1.807, 2.05) is 12.1 Å². The van der Waals surface area contributed by atoms with E-state index >= 15 is 0 Å². The summed E-state index contributed by atoms with van der Waals surface area (Å²) in [5.74, 6) is 0.237. The second kappa shape index (κ2) is 6.29. The number of nitrogens with one attached hydrogen (secondary N) is 1. The topological polar surface area (TPSA) is 58.4 Å². The number of nitrogens with zero attached hydrogens (tertiary/aromatic N) is 1. The molecule has 3 rings (SSSR count). The third kappa shape index (κ3) is 2.60. The molecule has 120 valence electrons. The highest BCUT2D eigenvalue weighted by molar-refractivity contribution is 5.96. The van der Waals surface area contributed by atoms with Crippen LogP contribution in [0.3, 0.4) is 0 Å². The molecule has 2 atom stereocenters. The molecule has 0 bridgehead atoms. The van der Waals surface area contributed by atoms with Crippen LogP contribution in [0.4, 0.5) is 5.69 Å². The molecule has 0 spiro atoms. The Kier molecular flexibility index (Phi) is 4.39. The lowest BCUT2D eigenvalue weighted by atomic mass is 9.78. The summed E-state index contributed by atoms with van der Waals surface area (Å²) in [7, 11) is 0. The van der Waals surface area contributed by atoms with E-state index in [1.54, 1.807) is 0 Å². The predicted molar refractivity (Wildman–Crippen MR) is 90.5 cm³/mol. The monoisotopic (exact) mass is 301 g/mol. The maximum atomic E-state index is 11.8. The lowest BCUT2D eigenvalue weighted by Crippen LogP contribution is -2.42. The van der Waals surface area contributed by atoms with Crippen molar-refractivity contribution in [3.8, 4) is 0 Å². The number of primary amides is 1. The van der Waals surface area contributed by atoms with Crippen molar-refractivity contribution < 1.29 is 4.79 Å². The summed E-state index contributed by atoms with van der Waals surface area (Å²) in [6.45, 7) is 7.75. The lowest BCUT2D eigenvalue weighted by Gasteiger charge is -2.37. The Balaban J connectivity index is 1.95. The minimum Gasteiger partial charge on any atom is -0.384 e. The molecule has 3 N–H and O–H groups in total. The molecule has 2 aliphatic rings. The van der Waals surface area contributed by atoms with Gasteiger partial charge in [-0.2, -0.15) is 0 Å². The molecule has 0 saturated carbocycles. The molecule has 1 heterocycles. The Morgan fingerprint density at radius 3 is 2.68 bits per heavy atom. The summed E-state index contributed by atoms with van der Waals surface area (Å²) < 4.78 is 0. The van der Waals surface area contributed by atoms with Gasteiger partial charge in [0.1, 0.15) is 0 Å². The zero-order valence-electron chi connectivity index (χ0n) is 13.7. The molecule has 1 aliphatic heterocycles. The molecule has 1 unspecified atom stereocenters. The van der Waals surface area contributed by atoms with Crippen LogP contribution in [0, 0.1) is 0 Å². The molecule has 1 aromatic rings. The van der Waals surface area contributed by atoms with E-state index in [4.69, 9.17) is 5.73 Å². The van der Waals surface area contributed by atoms with E-state index < -0.39 is 0 Å². The van der Waals surface area contributed by atoms with Crippen molar-refractivity contribution in [2.75, 3.05) is 25.0 Å². The Bertz CT molecular complexity index is 564. The Morgan fingerprint density at radius 2 is 2.05 bits per heavy atom. The summed E-state index contributed by atoms with van der Waals surface area (Å²) >= 11 is 0. The maximum absolute atomic E-state index is 11.8. The average Bonchev–Trinajstić information content (AvgIpc) is 2.91. The fraction of sp³-hybridized carbons (Fsp3) is 0.611. The van der Waals surface area contributed by atoms with Crippen molar-refractivity contribution in [1.82, 2.24) is 4.90 Å². The summed E-state index contributed by atoms with van der Waals surface area (Å²) in [6, 6.07) is 4.46. The zero-order valence-corrected chi connectivity index (χ0v) is 13.7. The number of hydrogen-bond donors (Lipinski definition) is 2.